The molecule has 23 heavy (non-hydrogen) atoms. The number of carbonyl (C=O) groups is 1. The minimum atomic E-state index is -0.528. The Bertz CT molecular complexity index is 711. The summed E-state index contributed by atoms with van der Waals surface area (Å²) in [4.78, 5) is 11.8. The second kappa shape index (κ2) is 6.79. The maximum atomic E-state index is 11.8. The molecule has 0 saturated heterocycles. The van der Waals surface area contributed by atoms with Crippen molar-refractivity contribution in [1.82, 2.24) is 5.32 Å². The first kappa shape index (κ1) is 17.0. The van der Waals surface area contributed by atoms with E-state index in [1.165, 1.54) is 0 Å². The largest absolute Gasteiger partial charge is 0.456 e. The third-order valence-corrected chi connectivity index (χ3v) is 2.97. The lowest BCUT2D eigenvalue weighted by Crippen LogP contribution is -2.42. The van der Waals surface area contributed by atoms with Crippen molar-refractivity contribution in [3.8, 4) is 17.2 Å². The molecule has 0 bridgehead atoms. The predicted molar refractivity (Wildman–Crippen MR) is 91.3 cm³/mol. The molecule has 5 nitrogen and oxygen atoms in total. The smallest absolute Gasteiger partial charge is 0.413 e. The molecule has 3 N–H and O–H groups in total. The van der Waals surface area contributed by atoms with Gasteiger partial charge in [0, 0.05) is 17.3 Å². The summed E-state index contributed by atoms with van der Waals surface area (Å²) >= 11 is 6.08. The molecule has 0 aliphatic rings. The van der Waals surface area contributed by atoms with Crippen molar-refractivity contribution in [2.75, 3.05) is 5.73 Å². The summed E-state index contributed by atoms with van der Waals surface area (Å²) in [6.07, 6.45) is -0.528. The van der Waals surface area contributed by atoms with E-state index in [0.717, 1.165) is 0 Å². The molecule has 0 fully saturated rings. The Balaban J connectivity index is 2.09. The Morgan fingerprint density at radius 1 is 1.13 bits per heavy atom. The fourth-order valence-electron chi connectivity index (χ4n) is 1.77. The van der Waals surface area contributed by atoms with Gasteiger partial charge in [-0.15, -0.1) is 0 Å². The number of amides is 1. The van der Waals surface area contributed by atoms with Gasteiger partial charge in [0.05, 0.1) is 5.02 Å². The Kier molecular flexibility index (Phi) is 5.01. The van der Waals surface area contributed by atoms with Crippen LogP contribution in [0.1, 0.15) is 20.8 Å². The number of anilines is 1. The van der Waals surface area contributed by atoms with E-state index in [1.807, 2.05) is 20.8 Å². The van der Waals surface area contributed by atoms with Crippen molar-refractivity contribution in [3.05, 3.63) is 47.5 Å². The van der Waals surface area contributed by atoms with Gasteiger partial charge in [0.15, 0.2) is 0 Å². The molecule has 0 saturated carbocycles. The minimum Gasteiger partial charge on any atom is -0.456 e. The number of ether oxygens (including phenoxy) is 2. The third-order valence-electron chi connectivity index (χ3n) is 2.68. The van der Waals surface area contributed by atoms with Gasteiger partial charge in [0.2, 0.25) is 0 Å². The van der Waals surface area contributed by atoms with Gasteiger partial charge in [0.1, 0.15) is 17.2 Å². The summed E-state index contributed by atoms with van der Waals surface area (Å²) in [5.74, 6) is 1.34. The van der Waals surface area contributed by atoms with Crippen molar-refractivity contribution in [2.24, 2.45) is 0 Å². The highest BCUT2D eigenvalue weighted by molar-refractivity contribution is 6.32. The topological polar surface area (TPSA) is 73.6 Å². The first-order chi connectivity index (χ1) is 10.7. The van der Waals surface area contributed by atoms with Crippen LogP contribution in [-0.4, -0.2) is 11.6 Å². The zero-order valence-corrected chi connectivity index (χ0v) is 14.0. The van der Waals surface area contributed by atoms with Gasteiger partial charge in [-0.05, 0) is 51.1 Å². The van der Waals surface area contributed by atoms with Crippen LogP contribution in [0.5, 0.6) is 17.2 Å². The van der Waals surface area contributed by atoms with Crippen LogP contribution in [-0.2, 0) is 0 Å². The van der Waals surface area contributed by atoms with Crippen LogP contribution in [0.3, 0.4) is 0 Å². The molecule has 2 aromatic carbocycles. The average Bonchev–Trinajstić information content (AvgIpc) is 2.40. The van der Waals surface area contributed by atoms with Gasteiger partial charge in [-0.3, -0.25) is 0 Å². The van der Waals surface area contributed by atoms with Crippen molar-refractivity contribution in [1.29, 1.82) is 0 Å². The molecular formula is C17H19ClN2O3. The van der Waals surface area contributed by atoms with Crippen molar-refractivity contribution in [3.63, 3.8) is 0 Å². The molecule has 1 amide bonds. The summed E-state index contributed by atoms with van der Waals surface area (Å²) in [5.41, 5.74) is 5.83. The van der Waals surface area contributed by atoms with E-state index in [4.69, 9.17) is 26.8 Å². The quantitative estimate of drug-likeness (QED) is 0.804. The Labute approximate surface area is 140 Å². The lowest BCUT2D eigenvalue weighted by Gasteiger charge is -2.19. The zero-order valence-electron chi connectivity index (χ0n) is 13.2. The Morgan fingerprint density at radius 3 is 2.48 bits per heavy atom. The molecule has 2 aromatic rings. The molecule has 0 unspecified atom stereocenters. The van der Waals surface area contributed by atoms with Crippen molar-refractivity contribution in [2.45, 2.75) is 26.3 Å². The van der Waals surface area contributed by atoms with Gasteiger partial charge in [-0.1, -0.05) is 17.7 Å². The number of nitrogen functional groups attached to an aromatic ring is 1. The number of nitrogens with one attached hydrogen (secondary N) is 1. The van der Waals surface area contributed by atoms with E-state index in [1.54, 1.807) is 42.5 Å². The molecule has 6 heteroatoms. The Morgan fingerprint density at radius 2 is 1.83 bits per heavy atom. The summed E-state index contributed by atoms with van der Waals surface area (Å²) in [5, 5.41) is 3.12. The normalized spacial score (nSPS) is 11.0. The molecule has 0 aliphatic heterocycles. The molecule has 0 heterocycles. The van der Waals surface area contributed by atoms with Gasteiger partial charge >= 0.3 is 6.09 Å². The van der Waals surface area contributed by atoms with Crippen LogP contribution in [0.4, 0.5) is 10.5 Å². The van der Waals surface area contributed by atoms with E-state index in [0.29, 0.717) is 28.0 Å². The van der Waals surface area contributed by atoms with Crippen LogP contribution in [0.15, 0.2) is 42.5 Å². The fourth-order valence-corrected chi connectivity index (χ4v) is 1.99. The number of benzene rings is 2. The monoisotopic (exact) mass is 334 g/mol. The lowest BCUT2D eigenvalue weighted by atomic mass is 10.1. The van der Waals surface area contributed by atoms with E-state index in [-0.39, 0.29) is 5.54 Å². The zero-order chi connectivity index (χ0) is 17.0. The highest BCUT2D eigenvalue weighted by Crippen LogP contribution is 2.32. The lowest BCUT2D eigenvalue weighted by molar-refractivity contribution is 0.190. The maximum absolute atomic E-state index is 11.8. The maximum Gasteiger partial charge on any atom is 0.413 e. The van der Waals surface area contributed by atoms with Crippen molar-refractivity contribution < 1.29 is 14.3 Å². The standard InChI is InChI=1S/C17H19ClN2O3/c1-17(2,3)20-16(21)23-13-6-4-5-12(10-13)22-15-8-7-11(19)9-14(15)18/h4-10H,19H2,1-3H3,(H,20,21). The van der Waals surface area contributed by atoms with Gasteiger partial charge < -0.3 is 20.5 Å². The number of hydrogen-bond acceptors (Lipinski definition) is 4. The van der Waals surface area contributed by atoms with Gasteiger partial charge in [-0.25, -0.2) is 4.79 Å². The summed E-state index contributed by atoms with van der Waals surface area (Å²) in [7, 11) is 0. The summed E-state index contributed by atoms with van der Waals surface area (Å²) in [6, 6.07) is 11.7. The molecule has 0 aliphatic carbocycles. The van der Waals surface area contributed by atoms with Crippen LogP contribution in [0, 0.1) is 0 Å². The van der Waals surface area contributed by atoms with E-state index >= 15 is 0 Å². The van der Waals surface area contributed by atoms with E-state index in [9.17, 15) is 4.79 Å². The number of rotatable bonds is 3. The molecule has 0 spiro atoms. The molecule has 0 radical (unpaired) electrons. The highest BCUT2D eigenvalue weighted by Gasteiger charge is 2.15. The van der Waals surface area contributed by atoms with Gasteiger partial charge in [0.25, 0.3) is 0 Å². The van der Waals surface area contributed by atoms with E-state index in [2.05, 4.69) is 5.32 Å². The minimum absolute atomic E-state index is 0.371. The van der Waals surface area contributed by atoms with Crippen LogP contribution in [0.2, 0.25) is 5.02 Å². The predicted octanol–water partition coefficient (Wildman–Crippen LogP) is 4.60. The van der Waals surface area contributed by atoms with Gasteiger partial charge in [-0.2, -0.15) is 0 Å². The fraction of sp³-hybridized carbons (Fsp3) is 0.235. The second-order valence-corrected chi connectivity index (χ2v) is 6.44. The molecule has 2 rings (SSSR count). The summed E-state index contributed by atoms with van der Waals surface area (Å²) < 4.78 is 10.9. The van der Waals surface area contributed by atoms with E-state index < -0.39 is 6.09 Å². The average molecular weight is 335 g/mol. The Hall–Kier alpha value is -2.40. The molecular weight excluding hydrogens is 316 g/mol. The van der Waals surface area contributed by atoms with Crippen LogP contribution >= 0.6 is 11.6 Å². The van der Waals surface area contributed by atoms with Crippen molar-refractivity contribution >= 4 is 23.4 Å². The highest BCUT2D eigenvalue weighted by atomic mass is 35.5. The number of halogens is 1. The molecule has 0 atom stereocenters. The van der Waals surface area contributed by atoms with Crippen LogP contribution in [0.25, 0.3) is 0 Å². The van der Waals surface area contributed by atoms with Crippen LogP contribution < -0.4 is 20.5 Å². The summed E-state index contributed by atoms with van der Waals surface area (Å²) in [6.45, 7) is 5.62. The first-order valence-corrected chi connectivity index (χ1v) is 7.44. The molecule has 0 aromatic heterocycles. The second-order valence-electron chi connectivity index (χ2n) is 6.03. The number of nitrogens with two attached hydrogens (primary N) is 1. The number of carbonyl (C=O) groups excluding carboxylic acids is 1. The molecule has 122 valence electrons. The third kappa shape index (κ3) is 5.38. The number of hydrogen-bond donors (Lipinski definition) is 2. The SMILES string of the molecule is CC(C)(C)NC(=O)Oc1cccc(Oc2ccc(N)cc2Cl)c1. The first-order valence-electron chi connectivity index (χ1n) is 7.06.